The van der Waals surface area contributed by atoms with Gasteiger partial charge in [-0.05, 0) is 69.7 Å². The van der Waals surface area contributed by atoms with Gasteiger partial charge in [-0.1, -0.05) is 49.4 Å². The fourth-order valence-corrected chi connectivity index (χ4v) is 4.59. The topological polar surface area (TPSA) is 75.3 Å². The van der Waals surface area contributed by atoms with Gasteiger partial charge in [0.15, 0.2) is 0 Å². The van der Waals surface area contributed by atoms with Crippen molar-refractivity contribution < 1.29 is 14.3 Å². The highest BCUT2D eigenvalue weighted by molar-refractivity contribution is 5.89. The van der Waals surface area contributed by atoms with Crippen LogP contribution in [0.25, 0.3) is 11.3 Å². The van der Waals surface area contributed by atoms with E-state index in [0.29, 0.717) is 12.0 Å². The first-order valence-electron chi connectivity index (χ1n) is 12.4. The number of carbonyl (C=O) groups excluding carboxylic acids is 2. The quantitative estimate of drug-likeness (QED) is 0.448. The maximum Gasteiger partial charge on any atom is 0.338 e. The molecule has 1 amide bonds. The van der Waals surface area contributed by atoms with Gasteiger partial charge < -0.3 is 14.6 Å². The number of hydrogen-bond acceptors (Lipinski definition) is 4. The third-order valence-corrected chi connectivity index (χ3v) is 6.33. The molecule has 1 N–H and O–H groups in total. The first-order chi connectivity index (χ1) is 16.7. The zero-order valence-electron chi connectivity index (χ0n) is 21.1. The summed E-state index contributed by atoms with van der Waals surface area (Å²) in [6.07, 6.45) is 5.47. The van der Waals surface area contributed by atoms with Gasteiger partial charge in [0, 0.05) is 12.5 Å². The van der Waals surface area contributed by atoms with E-state index >= 15 is 0 Å². The third kappa shape index (κ3) is 6.18. The Bertz CT molecular complexity index is 1150. The summed E-state index contributed by atoms with van der Waals surface area (Å²) in [7, 11) is 0. The van der Waals surface area contributed by atoms with Gasteiger partial charge in [-0.3, -0.25) is 4.79 Å². The van der Waals surface area contributed by atoms with Gasteiger partial charge in [0.25, 0.3) is 0 Å². The fraction of sp³-hybridized carbons (Fsp3) is 0.414. The Hall–Kier alpha value is -3.41. The molecular formula is C29H35N3O3. The van der Waals surface area contributed by atoms with Crippen molar-refractivity contribution in [3.05, 3.63) is 77.7 Å². The van der Waals surface area contributed by atoms with Crippen LogP contribution in [0.1, 0.15) is 74.7 Å². The molecule has 1 aliphatic heterocycles. The highest BCUT2D eigenvalue weighted by Crippen LogP contribution is 2.32. The molecule has 1 saturated heterocycles. The van der Waals surface area contributed by atoms with E-state index in [2.05, 4.69) is 22.1 Å². The molecule has 2 aromatic carbocycles. The van der Waals surface area contributed by atoms with Crippen LogP contribution in [0, 0.1) is 5.92 Å². The van der Waals surface area contributed by atoms with Crippen LogP contribution >= 0.6 is 0 Å². The molecule has 3 aromatic rings. The van der Waals surface area contributed by atoms with E-state index in [4.69, 9.17) is 4.74 Å². The molecule has 6 heteroatoms. The maximum atomic E-state index is 13.5. The predicted octanol–water partition coefficient (Wildman–Crippen LogP) is 5.96. The largest absolute Gasteiger partial charge is 0.456 e. The molecular weight excluding hydrogens is 438 g/mol. The van der Waals surface area contributed by atoms with Crippen molar-refractivity contribution >= 4 is 11.9 Å². The lowest BCUT2D eigenvalue weighted by molar-refractivity contribution is -0.139. The molecule has 4 rings (SSSR count). The zero-order chi connectivity index (χ0) is 25.0. The van der Waals surface area contributed by atoms with E-state index < -0.39 is 5.60 Å². The summed E-state index contributed by atoms with van der Waals surface area (Å²) in [6, 6.07) is 17.5. The second-order valence-corrected chi connectivity index (χ2v) is 10.4. The lowest BCUT2D eigenvalue weighted by Crippen LogP contribution is -2.42. The number of benzene rings is 2. The lowest BCUT2D eigenvalue weighted by atomic mass is 9.95. The molecule has 1 aromatic heterocycles. The van der Waals surface area contributed by atoms with Crippen LogP contribution in [0.3, 0.4) is 0 Å². The van der Waals surface area contributed by atoms with Crippen molar-refractivity contribution in [2.75, 3.05) is 6.54 Å². The van der Waals surface area contributed by atoms with Crippen molar-refractivity contribution in [1.29, 1.82) is 0 Å². The molecule has 0 saturated carbocycles. The van der Waals surface area contributed by atoms with E-state index in [1.165, 1.54) is 0 Å². The van der Waals surface area contributed by atoms with Crippen LogP contribution < -0.4 is 0 Å². The Kier molecular flexibility index (Phi) is 7.39. The fourth-order valence-electron chi connectivity index (χ4n) is 4.59. The molecule has 0 aliphatic carbocycles. The van der Waals surface area contributed by atoms with Crippen LogP contribution in [0.2, 0.25) is 0 Å². The minimum Gasteiger partial charge on any atom is -0.456 e. The summed E-state index contributed by atoms with van der Waals surface area (Å²) in [4.78, 5) is 35.9. The van der Waals surface area contributed by atoms with Gasteiger partial charge in [-0.25, -0.2) is 9.78 Å². The number of imidazole rings is 1. The van der Waals surface area contributed by atoms with Crippen LogP contribution in [0.4, 0.5) is 0 Å². The number of nitrogens with one attached hydrogen (secondary N) is 1. The zero-order valence-corrected chi connectivity index (χ0v) is 21.1. The number of hydrogen-bond donors (Lipinski definition) is 1. The van der Waals surface area contributed by atoms with Crippen LogP contribution in [-0.2, 0) is 16.0 Å². The standard InChI is InChI=1S/C29H35N3O3/c1-20(18-21-13-15-23(16-14-21)28(34)35-29(2,3)4)27(33)32-17-9-8-12-25(32)26-30-19-24(31-26)22-10-6-5-7-11-22/h5-7,10-11,13-16,19-20,25H,8-9,12,17-18H2,1-4H3,(H,30,31). The number of rotatable bonds is 6. The van der Waals surface area contributed by atoms with Gasteiger partial charge in [0.2, 0.25) is 5.91 Å². The van der Waals surface area contributed by atoms with Crippen LogP contribution in [0.15, 0.2) is 60.8 Å². The summed E-state index contributed by atoms with van der Waals surface area (Å²) in [6.45, 7) is 8.28. The van der Waals surface area contributed by atoms with Gasteiger partial charge in [-0.15, -0.1) is 0 Å². The minimum absolute atomic E-state index is 0.0364. The van der Waals surface area contributed by atoms with Crippen LogP contribution in [0.5, 0.6) is 0 Å². The Morgan fingerprint density at radius 2 is 1.80 bits per heavy atom. The summed E-state index contributed by atoms with van der Waals surface area (Å²) in [5, 5.41) is 0. The second-order valence-electron chi connectivity index (χ2n) is 10.4. The molecule has 184 valence electrons. The van der Waals surface area contributed by atoms with Gasteiger partial charge >= 0.3 is 5.97 Å². The first kappa shape index (κ1) is 24.7. The number of piperidine rings is 1. The minimum atomic E-state index is -0.530. The number of carbonyl (C=O) groups is 2. The van der Waals surface area contributed by atoms with Gasteiger partial charge in [0.05, 0.1) is 23.5 Å². The number of nitrogens with zero attached hydrogens (tertiary/aromatic N) is 2. The molecule has 0 spiro atoms. The Labute approximate surface area is 207 Å². The average Bonchev–Trinajstić information content (AvgIpc) is 3.34. The molecule has 0 bridgehead atoms. The van der Waals surface area contributed by atoms with E-state index in [1.807, 2.05) is 69.1 Å². The smallest absolute Gasteiger partial charge is 0.338 e. The monoisotopic (exact) mass is 473 g/mol. The summed E-state index contributed by atoms with van der Waals surface area (Å²) < 4.78 is 5.44. The summed E-state index contributed by atoms with van der Waals surface area (Å²) in [5.41, 5.74) is 3.07. The van der Waals surface area contributed by atoms with Crippen molar-refractivity contribution in [2.45, 2.75) is 65.0 Å². The number of aromatic nitrogens is 2. The molecule has 1 aliphatic rings. The Morgan fingerprint density at radius 1 is 1.09 bits per heavy atom. The summed E-state index contributed by atoms with van der Waals surface area (Å²) in [5.74, 6) is 0.485. The van der Waals surface area contributed by atoms with E-state index in [9.17, 15) is 9.59 Å². The molecule has 35 heavy (non-hydrogen) atoms. The number of amides is 1. The number of aromatic amines is 1. The van der Waals surface area contributed by atoms with E-state index in [-0.39, 0.29) is 23.8 Å². The van der Waals surface area contributed by atoms with E-state index in [1.54, 1.807) is 12.1 Å². The highest BCUT2D eigenvalue weighted by atomic mass is 16.6. The molecule has 2 atom stereocenters. The van der Waals surface area contributed by atoms with Crippen molar-refractivity contribution in [1.82, 2.24) is 14.9 Å². The number of likely N-dealkylation sites (tertiary alicyclic amines) is 1. The van der Waals surface area contributed by atoms with Crippen molar-refractivity contribution in [2.24, 2.45) is 5.92 Å². The van der Waals surface area contributed by atoms with Crippen LogP contribution in [-0.4, -0.2) is 38.9 Å². The SMILES string of the molecule is CC(Cc1ccc(C(=O)OC(C)(C)C)cc1)C(=O)N1CCCCC1c1ncc(-c2ccccc2)[nH]1. The van der Waals surface area contributed by atoms with Crippen molar-refractivity contribution in [3.63, 3.8) is 0 Å². The summed E-state index contributed by atoms with van der Waals surface area (Å²) >= 11 is 0. The van der Waals surface area contributed by atoms with Gasteiger partial charge in [-0.2, -0.15) is 0 Å². The van der Waals surface area contributed by atoms with Crippen molar-refractivity contribution in [3.8, 4) is 11.3 Å². The molecule has 0 radical (unpaired) electrons. The maximum absolute atomic E-state index is 13.5. The second kappa shape index (κ2) is 10.5. The molecule has 2 heterocycles. The van der Waals surface area contributed by atoms with E-state index in [0.717, 1.165) is 48.5 Å². The highest BCUT2D eigenvalue weighted by Gasteiger charge is 2.32. The molecule has 2 unspecified atom stereocenters. The first-order valence-corrected chi connectivity index (χ1v) is 12.4. The lowest BCUT2D eigenvalue weighted by Gasteiger charge is -2.36. The Morgan fingerprint density at radius 3 is 2.49 bits per heavy atom. The Balaban J connectivity index is 1.43. The predicted molar refractivity (Wildman–Crippen MR) is 137 cm³/mol. The number of ether oxygens (including phenoxy) is 1. The third-order valence-electron chi connectivity index (χ3n) is 6.33. The number of esters is 1. The van der Waals surface area contributed by atoms with Gasteiger partial charge in [0.1, 0.15) is 11.4 Å². The molecule has 6 nitrogen and oxygen atoms in total. The average molecular weight is 474 g/mol. The molecule has 1 fully saturated rings. The normalized spacial score (nSPS) is 17.1. The number of H-pyrrole nitrogens is 1.